The molecule has 4 atom stereocenters. The summed E-state index contributed by atoms with van der Waals surface area (Å²) in [5, 5.41) is 9.38. The largest absolute Gasteiger partial charge is 0.388 e. The van der Waals surface area contributed by atoms with E-state index in [0.29, 0.717) is 13.2 Å². The summed E-state index contributed by atoms with van der Waals surface area (Å²) in [7, 11) is 0. The predicted octanol–water partition coefficient (Wildman–Crippen LogP) is -1.14. The van der Waals surface area contributed by atoms with Crippen molar-refractivity contribution in [2.75, 3.05) is 13.2 Å². The third-order valence-corrected chi connectivity index (χ3v) is 2.67. The molecule has 0 aromatic carbocycles. The van der Waals surface area contributed by atoms with Crippen LogP contribution in [0.4, 0.5) is 0 Å². The van der Waals surface area contributed by atoms with Gasteiger partial charge in [0.25, 0.3) is 0 Å². The minimum absolute atomic E-state index is 0.107. The maximum absolute atomic E-state index is 9.38. The molecule has 0 bridgehead atoms. The summed E-state index contributed by atoms with van der Waals surface area (Å²) in [6.07, 6.45) is -0.731. The lowest BCUT2D eigenvalue weighted by molar-refractivity contribution is -0.0182. The van der Waals surface area contributed by atoms with E-state index in [0.717, 1.165) is 0 Å². The van der Waals surface area contributed by atoms with Crippen molar-refractivity contribution in [1.29, 1.82) is 0 Å². The van der Waals surface area contributed by atoms with Crippen LogP contribution < -0.4 is 5.73 Å². The smallest absolute Gasteiger partial charge is 0.116 e. The van der Waals surface area contributed by atoms with Gasteiger partial charge in [-0.25, -0.2) is 0 Å². The van der Waals surface area contributed by atoms with Gasteiger partial charge >= 0.3 is 0 Å². The summed E-state index contributed by atoms with van der Waals surface area (Å²) >= 11 is 0. The van der Waals surface area contributed by atoms with Crippen LogP contribution in [0.5, 0.6) is 0 Å². The fourth-order valence-corrected chi connectivity index (χ4v) is 1.78. The Balaban J connectivity index is 2.23. The number of fused-ring (bicyclic) bond motifs is 1. The molecule has 2 aliphatic rings. The molecule has 2 rings (SSSR count). The first-order valence-corrected chi connectivity index (χ1v) is 3.84. The first-order valence-electron chi connectivity index (χ1n) is 3.84. The van der Waals surface area contributed by atoms with Crippen molar-refractivity contribution in [2.24, 2.45) is 5.73 Å². The Bertz CT molecular complexity index is 175. The monoisotopic (exact) mass is 159 g/mol. The molecule has 0 radical (unpaired) electrons. The summed E-state index contributed by atoms with van der Waals surface area (Å²) in [6.45, 7) is 2.72. The maximum atomic E-state index is 9.38. The van der Waals surface area contributed by atoms with Crippen molar-refractivity contribution in [3.05, 3.63) is 0 Å². The van der Waals surface area contributed by atoms with Gasteiger partial charge in [-0.3, -0.25) is 0 Å². The summed E-state index contributed by atoms with van der Waals surface area (Å²) in [6, 6.07) is -0.107. The Morgan fingerprint density at radius 2 is 2.27 bits per heavy atom. The molecule has 0 saturated carbocycles. The average molecular weight is 159 g/mol. The molecule has 3 N–H and O–H groups in total. The summed E-state index contributed by atoms with van der Waals surface area (Å²) in [5.41, 5.74) is 5.30. The highest BCUT2D eigenvalue weighted by Gasteiger charge is 2.55. The molecule has 64 valence electrons. The van der Waals surface area contributed by atoms with Gasteiger partial charge in [0, 0.05) is 0 Å². The number of ether oxygens (including phenoxy) is 2. The molecule has 0 aliphatic carbocycles. The van der Waals surface area contributed by atoms with E-state index in [1.807, 2.05) is 6.92 Å². The molecule has 4 nitrogen and oxygen atoms in total. The lowest BCUT2D eigenvalue weighted by atomic mass is 9.93. The zero-order chi connectivity index (χ0) is 8.06. The molecule has 2 fully saturated rings. The second-order valence-electron chi connectivity index (χ2n) is 3.42. The van der Waals surface area contributed by atoms with Crippen LogP contribution in [0.15, 0.2) is 0 Å². The van der Waals surface area contributed by atoms with Crippen molar-refractivity contribution >= 4 is 0 Å². The normalized spacial score (nSPS) is 56.5. The Morgan fingerprint density at radius 1 is 1.55 bits per heavy atom. The van der Waals surface area contributed by atoms with Crippen LogP contribution in [0.3, 0.4) is 0 Å². The van der Waals surface area contributed by atoms with Crippen LogP contribution in [0.25, 0.3) is 0 Å². The standard InChI is InChI=1S/C7H13NO3/c1-7-5(8)3-10-6(7)4(9)2-11-7/h4-6,9H,2-3,8H2,1H3. The van der Waals surface area contributed by atoms with Crippen molar-refractivity contribution in [2.45, 2.75) is 30.8 Å². The van der Waals surface area contributed by atoms with E-state index in [2.05, 4.69) is 0 Å². The first-order chi connectivity index (χ1) is 5.14. The second-order valence-corrected chi connectivity index (χ2v) is 3.42. The van der Waals surface area contributed by atoms with Crippen molar-refractivity contribution < 1.29 is 14.6 Å². The van der Waals surface area contributed by atoms with Gasteiger partial charge < -0.3 is 20.3 Å². The quantitative estimate of drug-likeness (QED) is 0.469. The first kappa shape index (κ1) is 7.49. The topological polar surface area (TPSA) is 64.7 Å². The Hall–Kier alpha value is -0.160. The zero-order valence-corrected chi connectivity index (χ0v) is 6.49. The Morgan fingerprint density at radius 3 is 2.91 bits per heavy atom. The number of aliphatic hydroxyl groups excluding tert-OH is 1. The molecule has 2 heterocycles. The number of hydrogen-bond donors (Lipinski definition) is 2. The molecule has 0 aromatic heterocycles. The average Bonchev–Trinajstić information content (AvgIpc) is 2.39. The molecule has 0 aromatic rings. The highest BCUT2D eigenvalue weighted by atomic mass is 16.6. The van der Waals surface area contributed by atoms with Crippen LogP contribution in [-0.4, -0.2) is 42.2 Å². The van der Waals surface area contributed by atoms with Gasteiger partial charge in [-0.2, -0.15) is 0 Å². The molecule has 0 spiro atoms. The van der Waals surface area contributed by atoms with Gasteiger partial charge in [-0.1, -0.05) is 0 Å². The van der Waals surface area contributed by atoms with Gasteiger partial charge in [0.15, 0.2) is 0 Å². The van der Waals surface area contributed by atoms with Crippen LogP contribution in [0.1, 0.15) is 6.92 Å². The third kappa shape index (κ3) is 0.840. The third-order valence-electron chi connectivity index (χ3n) is 2.67. The van der Waals surface area contributed by atoms with E-state index in [9.17, 15) is 5.11 Å². The molecular formula is C7H13NO3. The van der Waals surface area contributed by atoms with E-state index < -0.39 is 11.7 Å². The van der Waals surface area contributed by atoms with E-state index in [1.165, 1.54) is 0 Å². The van der Waals surface area contributed by atoms with Crippen molar-refractivity contribution in [3.63, 3.8) is 0 Å². The van der Waals surface area contributed by atoms with Crippen LogP contribution in [0, 0.1) is 0 Å². The predicted molar refractivity (Wildman–Crippen MR) is 38.1 cm³/mol. The van der Waals surface area contributed by atoms with E-state index in [4.69, 9.17) is 15.2 Å². The van der Waals surface area contributed by atoms with Gasteiger partial charge in [0.2, 0.25) is 0 Å². The van der Waals surface area contributed by atoms with Crippen LogP contribution in [-0.2, 0) is 9.47 Å². The SMILES string of the molecule is CC12OCC(O)C1OCC2N. The van der Waals surface area contributed by atoms with Crippen LogP contribution in [0.2, 0.25) is 0 Å². The minimum atomic E-state index is -0.506. The molecular weight excluding hydrogens is 146 g/mol. The molecule has 4 unspecified atom stereocenters. The fraction of sp³-hybridized carbons (Fsp3) is 1.00. The minimum Gasteiger partial charge on any atom is -0.388 e. The Kier molecular flexibility index (Phi) is 1.47. The van der Waals surface area contributed by atoms with Gasteiger partial charge in [0.05, 0.1) is 19.3 Å². The summed E-state index contributed by atoms with van der Waals surface area (Å²) < 4.78 is 10.7. The lowest BCUT2D eigenvalue weighted by Crippen LogP contribution is -2.48. The Labute approximate surface area is 65.3 Å². The van der Waals surface area contributed by atoms with E-state index in [-0.39, 0.29) is 12.1 Å². The molecule has 2 aliphatic heterocycles. The van der Waals surface area contributed by atoms with Crippen molar-refractivity contribution in [1.82, 2.24) is 0 Å². The van der Waals surface area contributed by atoms with E-state index >= 15 is 0 Å². The van der Waals surface area contributed by atoms with Crippen molar-refractivity contribution in [3.8, 4) is 0 Å². The molecule has 2 saturated heterocycles. The number of rotatable bonds is 0. The summed E-state index contributed by atoms with van der Waals surface area (Å²) in [5.74, 6) is 0. The van der Waals surface area contributed by atoms with E-state index in [1.54, 1.807) is 0 Å². The van der Waals surface area contributed by atoms with Crippen LogP contribution >= 0.6 is 0 Å². The highest BCUT2D eigenvalue weighted by Crippen LogP contribution is 2.35. The lowest BCUT2D eigenvalue weighted by Gasteiger charge is -2.25. The number of nitrogens with two attached hydrogens (primary N) is 1. The number of hydrogen-bond acceptors (Lipinski definition) is 4. The molecule has 0 amide bonds. The highest BCUT2D eigenvalue weighted by molar-refractivity contribution is 5.06. The van der Waals surface area contributed by atoms with Gasteiger partial charge in [0.1, 0.15) is 17.8 Å². The number of aliphatic hydroxyl groups is 1. The fourth-order valence-electron chi connectivity index (χ4n) is 1.78. The zero-order valence-electron chi connectivity index (χ0n) is 6.49. The molecule has 4 heteroatoms. The summed E-state index contributed by atoms with van der Waals surface area (Å²) in [4.78, 5) is 0. The van der Waals surface area contributed by atoms with Gasteiger partial charge in [-0.05, 0) is 6.92 Å². The second kappa shape index (κ2) is 2.17. The maximum Gasteiger partial charge on any atom is 0.116 e. The molecule has 11 heavy (non-hydrogen) atoms. The van der Waals surface area contributed by atoms with Gasteiger partial charge in [-0.15, -0.1) is 0 Å².